The first kappa shape index (κ1) is 26.4. The van der Waals surface area contributed by atoms with Crippen molar-refractivity contribution in [3.63, 3.8) is 0 Å². The molecule has 0 spiro atoms. The molecule has 39 heavy (non-hydrogen) atoms. The number of anilines is 1. The van der Waals surface area contributed by atoms with Gasteiger partial charge in [0, 0.05) is 41.4 Å². The summed E-state index contributed by atoms with van der Waals surface area (Å²) in [5.41, 5.74) is 5.37. The number of aromatic amines is 1. The van der Waals surface area contributed by atoms with Crippen LogP contribution in [0.25, 0.3) is 11.6 Å². The highest BCUT2D eigenvalue weighted by Crippen LogP contribution is 2.35. The van der Waals surface area contributed by atoms with Crippen LogP contribution < -0.4 is 16.0 Å². The van der Waals surface area contributed by atoms with E-state index in [1.165, 1.54) is 12.1 Å². The maximum absolute atomic E-state index is 13.3. The van der Waals surface area contributed by atoms with Crippen LogP contribution in [0.3, 0.4) is 0 Å². The van der Waals surface area contributed by atoms with Gasteiger partial charge in [-0.15, -0.1) is 0 Å². The van der Waals surface area contributed by atoms with E-state index in [0.717, 1.165) is 30.6 Å². The van der Waals surface area contributed by atoms with E-state index in [-0.39, 0.29) is 35.7 Å². The van der Waals surface area contributed by atoms with Crippen molar-refractivity contribution >= 4 is 35.1 Å². The minimum absolute atomic E-state index is 0.0406. The monoisotopic (exact) mass is 530 g/mol. The molecule has 0 aliphatic carbocycles. The second kappa shape index (κ2) is 10.9. The first-order valence-corrected chi connectivity index (χ1v) is 13.0. The lowest BCUT2D eigenvalue weighted by Crippen LogP contribution is -2.32. The number of fused-ring (bicyclic) bond motifs is 1. The molecule has 2 aliphatic heterocycles. The number of rotatable bonds is 7. The summed E-state index contributed by atoms with van der Waals surface area (Å²) >= 11 is 0. The van der Waals surface area contributed by atoms with Gasteiger partial charge in [-0.05, 0) is 81.1 Å². The number of aryl methyl sites for hydroxylation is 1. The fourth-order valence-corrected chi connectivity index (χ4v) is 5.09. The molecule has 4 N–H and O–H groups in total. The molecule has 202 valence electrons. The number of ether oxygens (including phenoxy) is 1. The first-order valence-electron chi connectivity index (χ1n) is 13.0. The Morgan fingerprint density at radius 1 is 1.15 bits per heavy atom. The van der Waals surface area contributed by atoms with Crippen molar-refractivity contribution in [2.45, 2.75) is 45.8 Å². The van der Waals surface area contributed by atoms with Gasteiger partial charge in [0.05, 0.1) is 23.3 Å². The van der Waals surface area contributed by atoms with Crippen molar-refractivity contribution in [3.8, 4) is 0 Å². The van der Waals surface area contributed by atoms with Crippen LogP contribution in [0.15, 0.2) is 42.5 Å². The molecule has 9 heteroatoms. The van der Waals surface area contributed by atoms with Crippen molar-refractivity contribution < 1.29 is 23.5 Å². The molecule has 0 radical (unpaired) electrons. The van der Waals surface area contributed by atoms with Gasteiger partial charge in [-0.2, -0.15) is 0 Å². The SMILES string of the molecule is Cc1[nH]c(/C=C2\C(=O)Nc3ccc(C(=O)NC(C)c4ccc(F)cc4)cc32)c(C)c1C(=O)NCC1CCCO1. The highest BCUT2D eigenvalue weighted by Gasteiger charge is 2.27. The number of carbonyl (C=O) groups excluding carboxylic acids is 3. The minimum atomic E-state index is -0.341. The molecule has 8 nitrogen and oxygen atoms in total. The van der Waals surface area contributed by atoms with E-state index in [2.05, 4.69) is 20.9 Å². The third-order valence-corrected chi connectivity index (χ3v) is 7.29. The Bertz CT molecular complexity index is 1470. The molecule has 2 unspecified atom stereocenters. The highest BCUT2D eigenvalue weighted by molar-refractivity contribution is 6.35. The van der Waals surface area contributed by atoms with Gasteiger partial charge in [0.25, 0.3) is 17.7 Å². The summed E-state index contributed by atoms with van der Waals surface area (Å²) in [4.78, 5) is 42.0. The average molecular weight is 531 g/mol. The van der Waals surface area contributed by atoms with Crippen molar-refractivity contribution in [3.05, 3.63) is 87.5 Å². The van der Waals surface area contributed by atoms with E-state index in [1.807, 2.05) is 20.8 Å². The molecule has 3 heterocycles. The van der Waals surface area contributed by atoms with Crippen LogP contribution in [0.4, 0.5) is 10.1 Å². The topological polar surface area (TPSA) is 112 Å². The number of hydrogen-bond acceptors (Lipinski definition) is 4. The summed E-state index contributed by atoms with van der Waals surface area (Å²) < 4.78 is 18.9. The molecule has 2 aliphatic rings. The molecule has 2 aromatic carbocycles. The zero-order valence-electron chi connectivity index (χ0n) is 22.1. The van der Waals surface area contributed by atoms with Gasteiger partial charge in [-0.25, -0.2) is 4.39 Å². The van der Waals surface area contributed by atoms with Crippen LogP contribution in [0, 0.1) is 19.7 Å². The van der Waals surface area contributed by atoms with E-state index >= 15 is 0 Å². The van der Waals surface area contributed by atoms with Crippen LogP contribution in [-0.4, -0.2) is 42.0 Å². The zero-order valence-corrected chi connectivity index (χ0v) is 22.1. The van der Waals surface area contributed by atoms with E-state index in [0.29, 0.717) is 45.9 Å². The van der Waals surface area contributed by atoms with Gasteiger partial charge in [0.2, 0.25) is 0 Å². The summed E-state index contributed by atoms with van der Waals surface area (Å²) in [6.45, 7) is 6.66. The van der Waals surface area contributed by atoms with Crippen LogP contribution in [0.1, 0.15) is 74.6 Å². The molecule has 0 bridgehead atoms. The molecular formula is C30H31FN4O4. The Hall–Kier alpha value is -4.24. The minimum Gasteiger partial charge on any atom is -0.376 e. The van der Waals surface area contributed by atoms with Crippen molar-refractivity contribution in [1.82, 2.24) is 15.6 Å². The second-order valence-corrected chi connectivity index (χ2v) is 10.0. The molecule has 2 atom stereocenters. The maximum atomic E-state index is 13.3. The van der Waals surface area contributed by atoms with Gasteiger partial charge in [0.1, 0.15) is 5.82 Å². The van der Waals surface area contributed by atoms with Crippen LogP contribution in [-0.2, 0) is 9.53 Å². The predicted octanol–water partition coefficient (Wildman–Crippen LogP) is 4.66. The van der Waals surface area contributed by atoms with E-state index in [9.17, 15) is 18.8 Å². The van der Waals surface area contributed by atoms with Gasteiger partial charge >= 0.3 is 0 Å². The summed E-state index contributed by atoms with van der Waals surface area (Å²) in [6.07, 6.45) is 3.69. The zero-order chi connectivity index (χ0) is 27.7. The Labute approximate surface area is 226 Å². The Morgan fingerprint density at radius 3 is 2.64 bits per heavy atom. The molecule has 1 aromatic heterocycles. The van der Waals surface area contributed by atoms with Gasteiger partial charge < -0.3 is 25.7 Å². The van der Waals surface area contributed by atoms with Crippen LogP contribution in [0.5, 0.6) is 0 Å². The number of hydrogen-bond donors (Lipinski definition) is 4. The van der Waals surface area contributed by atoms with E-state index < -0.39 is 0 Å². The third-order valence-electron chi connectivity index (χ3n) is 7.29. The van der Waals surface area contributed by atoms with Crippen LogP contribution in [0.2, 0.25) is 0 Å². The number of carbonyl (C=O) groups is 3. The highest BCUT2D eigenvalue weighted by atomic mass is 19.1. The normalized spacial score (nSPS) is 18.1. The summed E-state index contributed by atoms with van der Waals surface area (Å²) in [7, 11) is 0. The van der Waals surface area contributed by atoms with Crippen molar-refractivity contribution in [1.29, 1.82) is 0 Å². The largest absolute Gasteiger partial charge is 0.376 e. The third kappa shape index (κ3) is 5.49. The fraction of sp³-hybridized carbons (Fsp3) is 0.300. The molecule has 5 rings (SSSR count). The number of benzene rings is 2. The first-order chi connectivity index (χ1) is 18.7. The Kier molecular flexibility index (Phi) is 7.34. The number of amides is 3. The maximum Gasteiger partial charge on any atom is 0.256 e. The quantitative estimate of drug-likeness (QED) is 0.333. The molecular weight excluding hydrogens is 499 g/mol. The van der Waals surface area contributed by atoms with Crippen molar-refractivity contribution in [2.75, 3.05) is 18.5 Å². The van der Waals surface area contributed by atoms with E-state index in [4.69, 9.17) is 4.74 Å². The molecule has 1 fully saturated rings. The van der Waals surface area contributed by atoms with E-state index in [1.54, 1.807) is 36.4 Å². The van der Waals surface area contributed by atoms with Gasteiger partial charge in [0.15, 0.2) is 0 Å². The molecule has 3 amide bonds. The predicted molar refractivity (Wildman–Crippen MR) is 147 cm³/mol. The molecule has 1 saturated heterocycles. The fourth-order valence-electron chi connectivity index (χ4n) is 5.09. The lowest BCUT2D eigenvalue weighted by molar-refractivity contribution is -0.110. The van der Waals surface area contributed by atoms with Gasteiger partial charge in [-0.3, -0.25) is 14.4 Å². The molecule has 3 aromatic rings. The van der Waals surface area contributed by atoms with Crippen molar-refractivity contribution in [2.24, 2.45) is 0 Å². The lowest BCUT2D eigenvalue weighted by atomic mass is 10.0. The average Bonchev–Trinajstić information content (AvgIpc) is 3.61. The number of nitrogens with one attached hydrogen (secondary N) is 4. The summed E-state index contributed by atoms with van der Waals surface area (Å²) in [6, 6.07) is 10.6. The Morgan fingerprint density at radius 2 is 1.92 bits per heavy atom. The smallest absolute Gasteiger partial charge is 0.256 e. The summed E-state index contributed by atoms with van der Waals surface area (Å²) in [5, 5.41) is 8.71. The number of halogens is 1. The summed E-state index contributed by atoms with van der Waals surface area (Å²) in [5.74, 6) is -1.14. The molecule has 0 saturated carbocycles. The second-order valence-electron chi connectivity index (χ2n) is 10.0. The Balaban J connectivity index is 1.36. The van der Waals surface area contributed by atoms with Gasteiger partial charge in [-0.1, -0.05) is 12.1 Å². The van der Waals surface area contributed by atoms with Crippen LogP contribution >= 0.6 is 0 Å². The number of H-pyrrole nitrogens is 1. The number of aromatic nitrogens is 1. The lowest BCUT2D eigenvalue weighted by Gasteiger charge is -2.15. The standard InChI is InChI=1S/C30H31FN4O4/c1-16-26(33-18(3)27(16)30(38)32-15-22-5-4-12-39-22)14-24-23-13-20(8-11-25(23)35-29(24)37)28(36)34-17(2)19-6-9-21(31)10-7-19/h6-11,13-14,17,22,33H,4-5,12,15H2,1-3H3,(H,32,38)(H,34,36)(H,35,37)/b24-14-.